The summed E-state index contributed by atoms with van der Waals surface area (Å²) < 4.78 is 40.8. The molecular weight excluding hydrogens is 261 g/mol. The van der Waals surface area contributed by atoms with Gasteiger partial charge in [-0.2, -0.15) is 13.2 Å². The van der Waals surface area contributed by atoms with Gasteiger partial charge in [0.25, 0.3) is 0 Å². The van der Waals surface area contributed by atoms with Gasteiger partial charge in [-0.25, -0.2) is 0 Å². The fraction of sp³-hybridized carbons (Fsp3) is 0.417. The van der Waals surface area contributed by atoms with Crippen molar-refractivity contribution < 1.29 is 22.7 Å². The summed E-state index contributed by atoms with van der Waals surface area (Å²) in [4.78, 5) is 11.4. The second-order valence-corrected chi connectivity index (χ2v) is 3.73. The van der Waals surface area contributed by atoms with Gasteiger partial charge in [-0.05, 0) is 19.1 Å². The number of carbonyl (C=O) groups is 1. The summed E-state index contributed by atoms with van der Waals surface area (Å²) in [6.45, 7) is 0.717. The van der Waals surface area contributed by atoms with Gasteiger partial charge in [0.1, 0.15) is 5.75 Å². The number of amides is 1. The molecule has 7 heteroatoms. The minimum absolute atomic E-state index is 0.404. The van der Waals surface area contributed by atoms with Crippen molar-refractivity contribution >= 4 is 11.6 Å². The van der Waals surface area contributed by atoms with Crippen LogP contribution in [0, 0.1) is 0 Å². The van der Waals surface area contributed by atoms with Crippen LogP contribution in [0.4, 0.5) is 18.9 Å². The molecule has 1 amide bonds. The summed E-state index contributed by atoms with van der Waals surface area (Å²) in [5.74, 6) is 0.0430. The third kappa shape index (κ3) is 6.66. The lowest BCUT2D eigenvalue weighted by molar-refractivity contribution is -0.126. The first-order chi connectivity index (χ1) is 8.90. The van der Waals surface area contributed by atoms with E-state index in [1.54, 1.807) is 24.3 Å². The molecule has 0 bridgehead atoms. The Hall–Kier alpha value is -1.76. The van der Waals surface area contributed by atoms with Crippen molar-refractivity contribution in [1.29, 1.82) is 0 Å². The van der Waals surface area contributed by atoms with E-state index >= 15 is 0 Å². The summed E-state index contributed by atoms with van der Waals surface area (Å²) >= 11 is 0. The normalized spacial score (nSPS) is 11.2. The molecule has 0 heterocycles. The largest absolute Gasteiger partial charge is 0.494 e. The van der Waals surface area contributed by atoms with Crippen molar-refractivity contribution in [3.8, 4) is 5.75 Å². The van der Waals surface area contributed by atoms with Crippen LogP contribution in [0.2, 0.25) is 0 Å². The maximum Gasteiger partial charge on any atom is 0.401 e. The Kier molecular flexibility index (Phi) is 5.62. The predicted octanol–water partition coefficient (Wildman–Crippen LogP) is 2.18. The molecule has 0 atom stereocenters. The Bertz CT molecular complexity index is 422. The van der Waals surface area contributed by atoms with E-state index in [2.05, 4.69) is 5.32 Å². The van der Waals surface area contributed by atoms with Crippen molar-refractivity contribution in [1.82, 2.24) is 5.32 Å². The molecule has 2 N–H and O–H groups in total. The summed E-state index contributed by atoms with van der Waals surface area (Å²) in [6, 6.07) is 6.64. The minimum atomic E-state index is -4.32. The van der Waals surface area contributed by atoms with E-state index < -0.39 is 25.2 Å². The first-order valence-corrected chi connectivity index (χ1v) is 5.71. The highest BCUT2D eigenvalue weighted by Crippen LogP contribution is 2.17. The second kappa shape index (κ2) is 6.98. The molecule has 106 valence electrons. The average Bonchev–Trinajstić information content (AvgIpc) is 2.28. The molecule has 1 aromatic carbocycles. The molecule has 0 unspecified atom stereocenters. The number of alkyl halides is 3. The van der Waals surface area contributed by atoms with Gasteiger partial charge in [-0.1, -0.05) is 6.07 Å². The first kappa shape index (κ1) is 15.3. The molecule has 4 nitrogen and oxygen atoms in total. The molecule has 19 heavy (non-hydrogen) atoms. The van der Waals surface area contributed by atoms with Gasteiger partial charge in [0, 0.05) is 11.8 Å². The van der Waals surface area contributed by atoms with Crippen molar-refractivity contribution in [2.24, 2.45) is 0 Å². The van der Waals surface area contributed by atoms with Crippen LogP contribution in [0.3, 0.4) is 0 Å². The molecule has 1 rings (SSSR count). The summed E-state index contributed by atoms with van der Waals surface area (Å²) in [7, 11) is 0. The third-order valence-electron chi connectivity index (χ3n) is 2.04. The van der Waals surface area contributed by atoms with Crippen LogP contribution in [0.25, 0.3) is 0 Å². The standard InChI is InChI=1S/C12H15F3N2O2/c1-2-19-10-5-3-4-9(6-10)17-11(18)7-16-8-12(13,14)15/h3-6,16H,2,7-8H2,1H3,(H,17,18). The number of hydrogen-bond acceptors (Lipinski definition) is 3. The van der Waals surface area contributed by atoms with E-state index in [0.29, 0.717) is 18.0 Å². The van der Waals surface area contributed by atoms with Crippen LogP contribution in [0.5, 0.6) is 5.75 Å². The minimum Gasteiger partial charge on any atom is -0.494 e. The summed E-state index contributed by atoms with van der Waals surface area (Å²) in [5, 5.41) is 4.50. The zero-order chi connectivity index (χ0) is 14.3. The maximum atomic E-state index is 11.9. The van der Waals surface area contributed by atoms with Gasteiger partial charge in [0.05, 0.1) is 19.7 Å². The number of anilines is 1. The van der Waals surface area contributed by atoms with E-state index in [4.69, 9.17) is 4.74 Å². The van der Waals surface area contributed by atoms with E-state index in [0.717, 1.165) is 0 Å². The zero-order valence-corrected chi connectivity index (χ0v) is 10.4. The number of nitrogens with one attached hydrogen (secondary N) is 2. The molecule has 0 fully saturated rings. The van der Waals surface area contributed by atoms with Gasteiger partial charge in [-0.3, -0.25) is 4.79 Å². The van der Waals surface area contributed by atoms with E-state index in [1.807, 2.05) is 12.2 Å². The molecular formula is C12H15F3N2O2. The van der Waals surface area contributed by atoms with Crippen molar-refractivity contribution in [2.45, 2.75) is 13.1 Å². The Labute approximate surface area is 108 Å². The zero-order valence-electron chi connectivity index (χ0n) is 10.4. The van der Waals surface area contributed by atoms with Crippen LogP contribution in [0.15, 0.2) is 24.3 Å². The number of hydrogen-bond donors (Lipinski definition) is 2. The lowest BCUT2D eigenvalue weighted by Gasteiger charge is -2.10. The van der Waals surface area contributed by atoms with Crippen LogP contribution < -0.4 is 15.4 Å². The Morgan fingerprint density at radius 3 is 2.74 bits per heavy atom. The smallest absolute Gasteiger partial charge is 0.401 e. The highest BCUT2D eigenvalue weighted by molar-refractivity contribution is 5.92. The van der Waals surface area contributed by atoms with Gasteiger partial charge in [0.15, 0.2) is 0 Å². The fourth-order valence-electron chi connectivity index (χ4n) is 1.35. The van der Waals surface area contributed by atoms with E-state index in [-0.39, 0.29) is 0 Å². The molecule has 0 aliphatic rings. The number of benzene rings is 1. The lowest BCUT2D eigenvalue weighted by Crippen LogP contribution is -2.35. The SMILES string of the molecule is CCOc1cccc(NC(=O)CNCC(F)(F)F)c1. The predicted molar refractivity (Wildman–Crippen MR) is 65.2 cm³/mol. The highest BCUT2D eigenvalue weighted by Gasteiger charge is 2.26. The van der Waals surface area contributed by atoms with E-state index in [9.17, 15) is 18.0 Å². The van der Waals surface area contributed by atoms with Crippen LogP contribution in [-0.4, -0.2) is 31.8 Å². The van der Waals surface area contributed by atoms with Crippen LogP contribution >= 0.6 is 0 Å². The summed E-state index contributed by atoms with van der Waals surface area (Å²) in [5.41, 5.74) is 0.477. The fourth-order valence-corrected chi connectivity index (χ4v) is 1.35. The van der Waals surface area contributed by atoms with Crippen molar-refractivity contribution in [3.63, 3.8) is 0 Å². The highest BCUT2D eigenvalue weighted by atomic mass is 19.4. The van der Waals surface area contributed by atoms with Crippen molar-refractivity contribution in [3.05, 3.63) is 24.3 Å². The number of halogens is 3. The molecule has 0 saturated carbocycles. The van der Waals surface area contributed by atoms with Crippen molar-refractivity contribution in [2.75, 3.05) is 25.0 Å². The monoisotopic (exact) mass is 276 g/mol. The first-order valence-electron chi connectivity index (χ1n) is 5.71. The molecule has 0 saturated heterocycles. The Morgan fingerprint density at radius 2 is 2.11 bits per heavy atom. The molecule has 0 spiro atoms. The third-order valence-corrected chi connectivity index (χ3v) is 2.04. The quantitative estimate of drug-likeness (QED) is 0.837. The molecule has 0 aromatic heterocycles. The van der Waals surface area contributed by atoms with Gasteiger partial charge >= 0.3 is 6.18 Å². The maximum absolute atomic E-state index is 11.9. The summed E-state index contributed by atoms with van der Waals surface area (Å²) in [6.07, 6.45) is -4.32. The molecule has 1 aromatic rings. The van der Waals surface area contributed by atoms with Gasteiger partial charge < -0.3 is 15.4 Å². The van der Waals surface area contributed by atoms with Gasteiger partial charge in [0.2, 0.25) is 5.91 Å². The molecule has 0 radical (unpaired) electrons. The second-order valence-electron chi connectivity index (χ2n) is 3.73. The number of ether oxygens (including phenoxy) is 1. The van der Waals surface area contributed by atoms with Gasteiger partial charge in [-0.15, -0.1) is 0 Å². The van der Waals surface area contributed by atoms with E-state index in [1.165, 1.54) is 0 Å². The average molecular weight is 276 g/mol. The lowest BCUT2D eigenvalue weighted by atomic mass is 10.3. The molecule has 0 aliphatic heterocycles. The number of rotatable bonds is 6. The van der Waals surface area contributed by atoms with Crippen LogP contribution in [0.1, 0.15) is 6.92 Å². The Morgan fingerprint density at radius 1 is 1.37 bits per heavy atom. The topological polar surface area (TPSA) is 50.4 Å². The number of carbonyl (C=O) groups excluding carboxylic acids is 1. The Balaban J connectivity index is 2.41. The molecule has 0 aliphatic carbocycles. The van der Waals surface area contributed by atoms with Crippen LogP contribution in [-0.2, 0) is 4.79 Å².